The second-order valence-electron chi connectivity index (χ2n) is 7.03. The fraction of sp³-hybridized carbons (Fsp3) is 0.174. The Morgan fingerprint density at radius 2 is 1.55 bits per heavy atom. The molecule has 5 nitrogen and oxygen atoms in total. The van der Waals surface area contributed by atoms with E-state index in [0.717, 1.165) is 12.3 Å². The Labute approximate surface area is 168 Å². The highest BCUT2D eigenvalue weighted by Crippen LogP contribution is 2.33. The third kappa shape index (κ3) is 3.95. The number of hydrogen-bond acceptors (Lipinski definition) is 4. The van der Waals surface area contributed by atoms with E-state index in [0.29, 0.717) is 0 Å². The molecule has 6 heteroatoms. The number of aryl methyl sites for hydroxylation is 2. The first-order valence-corrected chi connectivity index (χ1v) is 10.9. The predicted molar refractivity (Wildman–Crippen MR) is 113 cm³/mol. The van der Waals surface area contributed by atoms with Crippen molar-refractivity contribution in [1.29, 1.82) is 0 Å². The van der Waals surface area contributed by atoms with Crippen LogP contribution in [0.1, 0.15) is 24.0 Å². The zero-order valence-electron chi connectivity index (χ0n) is 15.7. The summed E-state index contributed by atoms with van der Waals surface area (Å²) < 4.78 is 33.3. The van der Waals surface area contributed by atoms with Crippen molar-refractivity contribution in [1.82, 2.24) is 0 Å². The summed E-state index contributed by atoms with van der Waals surface area (Å²) in [5.41, 5.74) is 2.10. The third-order valence-corrected chi connectivity index (χ3v) is 6.10. The van der Waals surface area contributed by atoms with Crippen LogP contribution in [0.4, 0.5) is 0 Å². The highest BCUT2D eigenvalue weighted by atomic mass is 32.2. The lowest BCUT2D eigenvalue weighted by atomic mass is 9.86. The van der Waals surface area contributed by atoms with E-state index >= 15 is 0 Å². The standard InChI is InChI=1S/C18H16.C5H4O5S/c1-3-7-15-13(5-1)9-11-18-16-8-4-2-6-14(16)10-12-17(15)18;6-5-4(11(7,8)9)2-1-3-10-5/h1,3,5,7,9-12H,2,4,6,8H2;1-3H,(H,7,8,9). The molecule has 0 spiro atoms. The molecule has 3 aromatic carbocycles. The van der Waals surface area contributed by atoms with E-state index in [1.54, 1.807) is 11.1 Å². The molecule has 0 atom stereocenters. The van der Waals surface area contributed by atoms with Gasteiger partial charge in [-0.15, -0.1) is 0 Å². The Morgan fingerprint density at radius 1 is 0.793 bits per heavy atom. The van der Waals surface area contributed by atoms with Crippen molar-refractivity contribution >= 4 is 31.7 Å². The molecule has 29 heavy (non-hydrogen) atoms. The molecule has 0 radical (unpaired) electrons. The van der Waals surface area contributed by atoms with Gasteiger partial charge < -0.3 is 4.42 Å². The second kappa shape index (κ2) is 7.81. The summed E-state index contributed by atoms with van der Waals surface area (Å²) in [7, 11) is -4.44. The van der Waals surface area contributed by atoms with Crippen LogP contribution < -0.4 is 5.63 Å². The summed E-state index contributed by atoms with van der Waals surface area (Å²) in [6.45, 7) is 0. The Balaban J connectivity index is 0.000000161. The number of fused-ring (bicyclic) bond motifs is 5. The number of rotatable bonds is 1. The molecule has 0 unspecified atom stereocenters. The van der Waals surface area contributed by atoms with Crippen molar-refractivity contribution in [3.63, 3.8) is 0 Å². The van der Waals surface area contributed by atoms with E-state index < -0.39 is 20.6 Å². The molecule has 5 rings (SSSR count). The van der Waals surface area contributed by atoms with Gasteiger partial charge in [-0.2, -0.15) is 8.42 Å². The molecule has 0 fully saturated rings. The molecule has 4 aromatic rings. The van der Waals surface area contributed by atoms with Crippen molar-refractivity contribution in [3.05, 3.63) is 88.5 Å². The van der Waals surface area contributed by atoms with Gasteiger partial charge in [-0.25, -0.2) is 4.79 Å². The van der Waals surface area contributed by atoms with Crippen molar-refractivity contribution < 1.29 is 17.4 Å². The molecule has 1 aliphatic carbocycles. The van der Waals surface area contributed by atoms with Gasteiger partial charge in [0.25, 0.3) is 0 Å². The molecular weight excluding hydrogens is 388 g/mol. The minimum Gasteiger partial charge on any atom is -0.430 e. The van der Waals surface area contributed by atoms with E-state index in [-0.39, 0.29) is 0 Å². The molecule has 1 heterocycles. The van der Waals surface area contributed by atoms with Crippen molar-refractivity contribution in [2.45, 2.75) is 30.6 Å². The Bertz CT molecular complexity index is 1350. The van der Waals surface area contributed by atoms with E-state index in [2.05, 4.69) is 52.9 Å². The van der Waals surface area contributed by atoms with Crippen molar-refractivity contribution in [2.24, 2.45) is 0 Å². The van der Waals surface area contributed by atoms with Gasteiger partial charge in [0.1, 0.15) is 0 Å². The Morgan fingerprint density at radius 3 is 2.31 bits per heavy atom. The monoisotopic (exact) mass is 408 g/mol. The lowest BCUT2D eigenvalue weighted by Gasteiger charge is -2.18. The van der Waals surface area contributed by atoms with Crippen LogP contribution in [0.3, 0.4) is 0 Å². The summed E-state index contributed by atoms with van der Waals surface area (Å²) in [5.74, 6) is 0. The zero-order chi connectivity index (χ0) is 20.4. The van der Waals surface area contributed by atoms with Crippen LogP contribution in [0, 0.1) is 0 Å². The molecule has 0 saturated heterocycles. The Kier molecular flexibility index (Phi) is 5.22. The molecule has 0 bridgehead atoms. The average Bonchev–Trinajstić information content (AvgIpc) is 2.73. The smallest absolute Gasteiger partial charge is 0.357 e. The highest BCUT2D eigenvalue weighted by molar-refractivity contribution is 7.85. The summed E-state index contributed by atoms with van der Waals surface area (Å²) in [4.78, 5) is 9.81. The minimum atomic E-state index is -4.44. The number of benzene rings is 3. The molecule has 148 valence electrons. The van der Waals surface area contributed by atoms with E-state index in [1.165, 1.54) is 53.3 Å². The molecular formula is C23H20O5S. The Hall–Kier alpha value is -2.96. The van der Waals surface area contributed by atoms with Gasteiger partial charge in [0.15, 0.2) is 4.90 Å². The summed E-state index contributed by atoms with van der Waals surface area (Å²) in [6.07, 6.45) is 6.24. The van der Waals surface area contributed by atoms with Gasteiger partial charge in [-0.1, -0.05) is 48.5 Å². The van der Waals surface area contributed by atoms with Gasteiger partial charge in [0.2, 0.25) is 0 Å². The van der Waals surface area contributed by atoms with Crippen LogP contribution in [0.2, 0.25) is 0 Å². The summed E-state index contributed by atoms with van der Waals surface area (Å²) in [5, 5.41) is 5.64. The fourth-order valence-corrected chi connectivity index (χ4v) is 4.40. The van der Waals surface area contributed by atoms with E-state index in [9.17, 15) is 13.2 Å². The maximum Gasteiger partial charge on any atom is 0.357 e. The quantitative estimate of drug-likeness (QED) is 0.363. The minimum absolute atomic E-state index is 0.750. The first kappa shape index (κ1) is 19.4. The van der Waals surface area contributed by atoms with Crippen LogP contribution in [0.25, 0.3) is 21.5 Å². The van der Waals surface area contributed by atoms with Crippen LogP contribution >= 0.6 is 0 Å². The normalized spacial score (nSPS) is 13.6. The molecule has 1 N–H and O–H groups in total. The van der Waals surface area contributed by atoms with Gasteiger partial charge >= 0.3 is 15.7 Å². The van der Waals surface area contributed by atoms with Crippen LogP contribution in [0.15, 0.2) is 81.0 Å². The van der Waals surface area contributed by atoms with Crippen LogP contribution in [-0.2, 0) is 23.0 Å². The highest BCUT2D eigenvalue weighted by Gasteiger charge is 2.14. The van der Waals surface area contributed by atoms with Crippen molar-refractivity contribution in [3.8, 4) is 0 Å². The van der Waals surface area contributed by atoms with E-state index in [4.69, 9.17) is 4.55 Å². The molecule has 0 amide bonds. The van der Waals surface area contributed by atoms with Gasteiger partial charge in [0.05, 0.1) is 6.26 Å². The number of hydrogen-bond donors (Lipinski definition) is 1. The van der Waals surface area contributed by atoms with Crippen LogP contribution in [-0.4, -0.2) is 13.0 Å². The van der Waals surface area contributed by atoms with E-state index in [1.807, 2.05) is 0 Å². The maximum absolute atomic E-state index is 10.6. The van der Waals surface area contributed by atoms with Gasteiger partial charge in [0, 0.05) is 0 Å². The molecule has 1 aliphatic rings. The zero-order valence-corrected chi connectivity index (χ0v) is 16.5. The third-order valence-electron chi connectivity index (χ3n) is 5.24. The fourth-order valence-electron chi connectivity index (χ4n) is 3.89. The lowest BCUT2D eigenvalue weighted by Crippen LogP contribution is -2.11. The summed E-state index contributed by atoms with van der Waals surface area (Å²) >= 11 is 0. The first-order chi connectivity index (χ1) is 13.9. The predicted octanol–water partition coefficient (Wildman–Crippen LogP) is 4.76. The van der Waals surface area contributed by atoms with Crippen LogP contribution in [0.5, 0.6) is 0 Å². The van der Waals surface area contributed by atoms with Gasteiger partial charge in [-0.3, -0.25) is 4.55 Å². The maximum atomic E-state index is 10.6. The topological polar surface area (TPSA) is 84.6 Å². The SMILES string of the molecule is O=c1occcc1S(=O)(=O)O.c1ccc2c(c1)ccc1c3c(ccc12)CCCC3. The lowest BCUT2D eigenvalue weighted by molar-refractivity contribution is 0.457. The molecule has 0 saturated carbocycles. The molecule has 1 aromatic heterocycles. The summed E-state index contributed by atoms with van der Waals surface area (Å²) in [6, 6.07) is 20.1. The van der Waals surface area contributed by atoms with Gasteiger partial charge in [-0.05, 0) is 70.5 Å². The van der Waals surface area contributed by atoms with Crippen molar-refractivity contribution in [2.75, 3.05) is 0 Å². The molecule has 0 aliphatic heterocycles. The second-order valence-corrected chi connectivity index (χ2v) is 8.42. The average molecular weight is 408 g/mol. The first-order valence-electron chi connectivity index (χ1n) is 9.43. The largest absolute Gasteiger partial charge is 0.430 e.